The van der Waals surface area contributed by atoms with Gasteiger partial charge in [-0.2, -0.15) is 4.31 Å². The Morgan fingerprint density at radius 2 is 1.76 bits per heavy atom. The molecule has 0 bridgehead atoms. The van der Waals surface area contributed by atoms with Gasteiger partial charge >= 0.3 is 0 Å². The van der Waals surface area contributed by atoms with Crippen LogP contribution in [-0.4, -0.2) is 31.4 Å². The molecule has 0 amide bonds. The summed E-state index contributed by atoms with van der Waals surface area (Å²) in [5, 5.41) is 0. The first-order valence-corrected chi connectivity index (χ1v) is 8.94. The molecule has 1 aliphatic rings. The summed E-state index contributed by atoms with van der Waals surface area (Å²) in [6.07, 6.45) is 1.45. The summed E-state index contributed by atoms with van der Waals surface area (Å²) in [5.74, 6) is 0. The molecule has 2 N–H and O–H groups in total. The highest BCUT2D eigenvalue weighted by Crippen LogP contribution is 2.27. The monoisotopic (exact) mass is 310 g/mol. The van der Waals surface area contributed by atoms with E-state index < -0.39 is 10.0 Å². The number of rotatable bonds is 2. The topological polar surface area (TPSA) is 63.4 Å². The molecule has 118 valence electrons. The fraction of sp³-hybridized carbons (Fsp3) is 0.625. The van der Waals surface area contributed by atoms with Crippen LogP contribution in [0.1, 0.15) is 46.1 Å². The first kappa shape index (κ1) is 16.5. The van der Waals surface area contributed by atoms with Crippen molar-refractivity contribution < 1.29 is 8.42 Å². The van der Waals surface area contributed by atoms with Gasteiger partial charge in [-0.15, -0.1) is 0 Å². The van der Waals surface area contributed by atoms with Crippen molar-refractivity contribution in [2.45, 2.75) is 62.9 Å². The van der Waals surface area contributed by atoms with Crippen molar-refractivity contribution in [2.24, 2.45) is 5.73 Å². The highest BCUT2D eigenvalue weighted by molar-refractivity contribution is 7.89. The SMILES string of the molecule is C[C@H]1C[C@@H](N)CCN1S(=O)(=O)c1ccc(C(C)(C)C)cc1. The average Bonchev–Trinajstić information content (AvgIpc) is 2.37. The number of sulfonamides is 1. The van der Waals surface area contributed by atoms with E-state index in [-0.39, 0.29) is 17.5 Å². The Balaban J connectivity index is 2.28. The molecule has 1 heterocycles. The standard InChI is InChI=1S/C16H26N2O2S/c1-12-11-14(17)9-10-18(12)21(19,20)15-7-5-13(6-8-15)16(2,3)4/h5-8,12,14H,9-11,17H2,1-4H3/t12-,14-/m0/s1. The fourth-order valence-electron chi connectivity index (χ4n) is 2.81. The van der Waals surface area contributed by atoms with Crippen LogP contribution in [0.4, 0.5) is 0 Å². The lowest BCUT2D eigenvalue weighted by atomic mass is 9.87. The molecule has 0 spiro atoms. The molecule has 2 atom stereocenters. The lowest BCUT2D eigenvalue weighted by Gasteiger charge is -2.35. The van der Waals surface area contributed by atoms with Gasteiger partial charge < -0.3 is 5.73 Å². The number of piperidine rings is 1. The molecule has 1 saturated heterocycles. The van der Waals surface area contributed by atoms with Gasteiger partial charge in [0, 0.05) is 18.6 Å². The summed E-state index contributed by atoms with van der Waals surface area (Å²) in [7, 11) is -3.42. The van der Waals surface area contributed by atoms with Gasteiger partial charge in [0.1, 0.15) is 0 Å². The van der Waals surface area contributed by atoms with Crippen LogP contribution >= 0.6 is 0 Å². The zero-order chi connectivity index (χ0) is 15.8. The molecule has 0 aromatic heterocycles. The maximum absolute atomic E-state index is 12.8. The zero-order valence-corrected chi connectivity index (χ0v) is 14.2. The second-order valence-electron chi connectivity index (χ2n) is 7.02. The molecule has 1 fully saturated rings. The molecule has 2 rings (SSSR count). The normalized spacial score (nSPS) is 25.0. The van der Waals surface area contributed by atoms with Gasteiger partial charge in [0.05, 0.1) is 4.90 Å². The third-order valence-electron chi connectivity index (χ3n) is 4.18. The Morgan fingerprint density at radius 1 is 1.19 bits per heavy atom. The van der Waals surface area contributed by atoms with E-state index in [0.29, 0.717) is 11.4 Å². The molecule has 1 aromatic rings. The van der Waals surface area contributed by atoms with Crippen molar-refractivity contribution in [3.8, 4) is 0 Å². The minimum Gasteiger partial charge on any atom is -0.328 e. The molecule has 4 nitrogen and oxygen atoms in total. The largest absolute Gasteiger partial charge is 0.328 e. The van der Waals surface area contributed by atoms with E-state index in [9.17, 15) is 8.42 Å². The molecule has 1 aromatic carbocycles. The maximum Gasteiger partial charge on any atom is 0.243 e. The highest BCUT2D eigenvalue weighted by atomic mass is 32.2. The second kappa shape index (κ2) is 5.71. The lowest BCUT2D eigenvalue weighted by molar-refractivity contribution is 0.247. The van der Waals surface area contributed by atoms with Gasteiger partial charge in [-0.25, -0.2) is 8.42 Å². The molecule has 0 aliphatic carbocycles. The number of benzene rings is 1. The van der Waals surface area contributed by atoms with Gasteiger partial charge in [0.2, 0.25) is 10.0 Å². The third-order valence-corrected chi connectivity index (χ3v) is 6.21. The van der Waals surface area contributed by atoms with Crippen LogP contribution in [0.3, 0.4) is 0 Å². The quantitative estimate of drug-likeness (QED) is 0.913. The van der Waals surface area contributed by atoms with Gasteiger partial charge in [-0.3, -0.25) is 0 Å². The molecule has 1 aliphatic heterocycles. The van der Waals surface area contributed by atoms with E-state index in [0.717, 1.165) is 18.4 Å². The number of nitrogens with two attached hydrogens (primary N) is 1. The minimum atomic E-state index is -3.42. The summed E-state index contributed by atoms with van der Waals surface area (Å²) in [4.78, 5) is 0.373. The van der Waals surface area contributed by atoms with E-state index in [1.807, 2.05) is 19.1 Å². The van der Waals surface area contributed by atoms with E-state index in [4.69, 9.17) is 5.73 Å². The van der Waals surface area contributed by atoms with Gasteiger partial charge in [-0.1, -0.05) is 32.9 Å². The van der Waals surface area contributed by atoms with Crippen LogP contribution in [0, 0.1) is 0 Å². The molecule has 0 saturated carbocycles. The smallest absolute Gasteiger partial charge is 0.243 e. The number of nitrogens with zero attached hydrogens (tertiary/aromatic N) is 1. The van der Waals surface area contributed by atoms with E-state index in [1.165, 1.54) is 0 Å². The second-order valence-corrected chi connectivity index (χ2v) is 8.91. The first-order chi connectivity index (χ1) is 9.62. The molecule has 5 heteroatoms. The molecule has 21 heavy (non-hydrogen) atoms. The predicted octanol–water partition coefficient (Wildman–Crippen LogP) is 2.48. The van der Waals surface area contributed by atoms with Gasteiger partial charge in [0.15, 0.2) is 0 Å². The Labute approximate surface area is 128 Å². The predicted molar refractivity (Wildman–Crippen MR) is 85.7 cm³/mol. The summed E-state index contributed by atoms with van der Waals surface area (Å²) in [6, 6.07) is 7.32. The summed E-state index contributed by atoms with van der Waals surface area (Å²) < 4.78 is 27.1. The van der Waals surface area contributed by atoms with Crippen LogP contribution < -0.4 is 5.73 Å². The maximum atomic E-state index is 12.8. The van der Waals surface area contributed by atoms with Crippen LogP contribution in [0.15, 0.2) is 29.2 Å². The average molecular weight is 310 g/mol. The number of hydrogen-bond acceptors (Lipinski definition) is 3. The fourth-order valence-corrected chi connectivity index (χ4v) is 4.46. The lowest BCUT2D eigenvalue weighted by Crippen LogP contribution is -2.48. The van der Waals surface area contributed by atoms with Crippen LogP contribution in [-0.2, 0) is 15.4 Å². The summed E-state index contributed by atoms with van der Waals surface area (Å²) >= 11 is 0. The Kier molecular flexibility index (Phi) is 4.47. The summed E-state index contributed by atoms with van der Waals surface area (Å²) in [6.45, 7) is 8.78. The molecular formula is C16H26N2O2S. The van der Waals surface area contributed by atoms with Crippen molar-refractivity contribution in [2.75, 3.05) is 6.54 Å². The summed E-state index contributed by atoms with van der Waals surface area (Å²) in [5.41, 5.74) is 7.07. The number of hydrogen-bond donors (Lipinski definition) is 1. The van der Waals surface area contributed by atoms with Crippen molar-refractivity contribution >= 4 is 10.0 Å². The van der Waals surface area contributed by atoms with Crippen molar-refractivity contribution in [3.05, 3.63) is 29.8 Å². The van der Waals surface area contributed by atoms with Crippen LogP contribution in [0.5, 0.6) is 0 Å². The Hall–Kier alpha value is -0.910. The molecule has 0 unspecified atom stereocenters. The van der Waals surface area contributed by atoms with Crippen LogP contribution in [0.2, 0.25) is 0 Å². The third kappa shape index (κ3) is 3.47. The van der Waals surface area contributed by atoms with Gasteiger partial charge in [-0.05, 0) is 42.9 Å². The van der Waals surface area contributed by atoms with E-state index >= 15 is 0 Å². The van der Waals surface area contributed by atoms with Crippen molar-refractivity contribution in [3.63, 3.8) is 0 Å². The molecule has 0 radical (unpaired) electrons. The highest BCUT2D eigenvalue weighted by Gasteiger charge is 2.33. The van der Waals surface area contributed by atoms with Crippen molar-refractivity contribution in [1.82, 2.24) is 4.31 Å². The zero-order valence-electron chi connectivity index (χ0n) is 13.3. The molecular weight excluding hydrogens is 284 g/mol. The van der Waals surface area contributed by atoms with Crippen molar-refractivity contribution in [1.29, 1.82) is 0 Å². The Morgan fingerprint density at radius 3 is 2.24 bits per heavy atom. The van der Waals surface area contributed by atoms with Gasteiger partial charge in [0.25, 0.3) is 0 Å². The van der Waals surface area contributed by atoms with E-state index in [1.54, 1.807) is 16.4 Å². The first-order valence-electron chi connectivity index (χ1n) is 7.50. The Bertz CT molecular complexity index is 588. The minimum absolute atomic E-state index is 0.0213. The van der Waals surface area contributed by atoms with Crippen LogP contribution in [0.25, 0.3) is 0 Å². The van der Waals surface area contributed by atoms with E-state index in [2.05, 4.69) is 20.8 Å².